The average molecular weight is 340 g/mol. The van der Waals surface area contributed by atoms with Crippen LogP contribution in [-0.4, -0.2) is 30.5 Å². The lowest BCUT2D eigenvalue weighted by molar-refractivity contribution is -0.385. The molecule has 1 spiro atoms. The summed E-state index contributed by atoms with van der Waals surface area (Å²) in [6.07, 6.45) is 3.64. The molecule has 2 N–H and O–H groups in total. The molecule has 1 amide bonds. The quantitative estimate of drug-likeness (QED) is 0.635. The number of rotatable bonds is 5. The summed E-state index contributed by atoms with van der Waals surface area (Å²) in [4.78, 5) is 22.8. The molecule has 3 rings (SSSR count). The van der Waals surface area contributed by atoms with Gasteiger partial charge in [-0.1, -0.05) is 18.2 Å². The first-order valence-corrected chi connectivity index (χ1v) is 7.83. The third-order valence-corrected chi connectivity index (χ3v) is 4.99. The van der Waals surface area contributed by atoms with Gasteiger partial charge in [0.15, 0.2) is 0 Å². The molecule has 1 aliphatic heterocycles. The minimum absolute atomic E-state index is 0. The molecule has 1 aromatic rings. The first-order chi connectivity index (χ1) is 10.6. The van der Waals surface area contributed by atoms with Crippen LogP contribution < -0.4 is 10.6 Å². The van der Waals surface area contributed by atoms with Gasteiger partial charge < -0.3 is 10.6 Å². The van der Waals surface area contributed by atoms with Gasteiger partial charge in [-0.25, -0.2) is 0 Å². The molecule has 6 nitrogen and oxygen atoms in total. The van der Waals surface area contributed by atoms with Crippen molar-refractivity contribution in [3.63, 3.8) is 0 Å². The lowest BCUT2D eigenvalue weighted by Gasteiger charge is -2.23. The fourth-order valence-electron chi connectivity index (χ4n) is 3.54. The van der Waals surface area contributed by atoms with E-state index < -0.39 is 0 Å². The lowest BCUT2D eigenvalue weighted by atomic mass is 9.92. The van der Waals surface area contributed by atoms with Crippen molar-refractivity contribution in [3.05, 3.63) is 39.9 Å². The summed E-state index contributed by atoms with van der Waals surface area (Å²) in [7, 11) is 0. The van der Waals surface area contributed by atoms with Crippen LogP contribution in [-0.2, 0) is 11.2 Å². The zero-order valence-electron chi connectivity index (χ0n) is 12.9. The molecule has 7 heteroatoms. The molecule has 1 atom stereocenters. The molecule has 126 valence electrons. The molecule has 1 aromatic carbocycles. The van der Waals surface area contributed by atoms with Gasteiger partial charge in [0, 0.05) is 24.1 Å². The average Bonchev–Trinajstić information content (AvgIpc) is 3.21. The van der Waals surface area contributed by atoms with Crippen molar-refractivity contribution in [2.24, 2.45) is 11.3 Å². The molecule has 0 aromatic heterocycles. The van der Waals surface area contributed by atoms with E-state index in [0.717, 1.165) is 32.4 Å². The number of hydrogen-bond donors (Lipinski definition) is 2. The Hall–Kier alpha value is -1.66. The molecule has 1 heterocycles. The molecular formula is C16H22ClN3O3. The van der Waals surface area contributed by atoms with E-state index in [-0.39, 0.29) is 40.3 Å². The number of amides is 1. The second kappa shape index (κ2) is 7.27. The van der Waals surface area contributed by atoms with Crippen molar-refractivity contribution in [1.29, 1.82) is 0 Å². The maximum atomic E-state index is 12.2. The van der Waals surface area contributed by atoms with Gasteiger partial charge in [-0.2, -0.15) is 0 Å². The fraction of sp³-hybridized carbons (Fsp3) is 0.562. The highest BCUT2D eigenvalue weighted by Crippen LogP contribution is 2.58. The Balaban J connectivity index is 0.00000192. The Labute approximate surface area is 141 Å². The van der Waals surface area contributed by atoms with Gasteiger partial charge in [0.2, 0.25) is 5.91 Å². The Morgan fingerprint density at radius 1 is 1.35 bits per heavy atom. The normalized spacial score (nSPS) is 21.3. The van der Waals surface area contributed by atoms with Gasteiger partial charge in [0.1, 0.15) is 0 Å². The lowest BCUT2D eigenvalue weighted by Crippen LogP contribution is -2.34. The van der Waals surface area contributed by atoms with Crippen molar-refractivity contribution in [3.8, 4) is 0 Å². The van der Waals surface area contributed by atoms with E-state index in [1.165, 1.54) is 6.07 Å². The van der Waals surface area contributed by atoms with Gasteiger partial charge in [0.25, 0.3) is 5.69 Å². The molecule has 1 saturated carbocycles. The van der Waals surface area contributed by atoms with Crippen molar-refractivity contribution in [1.82, 2.24) is 10.6 Å². The topological polar surface area (TPSA) is 84.3 Å². The number of carbonyl (C=O) groups is 1. The maximum Gasteiger partial charge on any atom is 0.272 e. The highest BCUT2D eigenvalue weighted by Gasteiger charge is 2.57. The maximum absolute atomic E-state index is 12.2. The number of nitro groups is 1. The van der Waals surface area contributed by atoms with Crippen LogP contribution in [0.1, 0.15) is 24.8 Å². The number of nitrogens with zero attached hydrogens (tertiary/aromatic N) is 1. The molecule has 0 radical (unpaired) electrons. The minimum atomic E-state index is -0.373. The van der Waals surface area contributed by atoms with Crippen LogP contribution in [0.2, 0.25) is 0 Å². The van der Waals surface area contributed by atoms with E-state index in [1.54, 1.807) is 18.2 Å². The van der Waals surface area contributed by atoms with Crippen LogP contribution in [0.15, 0.2) is 24.3 Å². The van der Waals surface area contributed by atoms with Gasteiger partial charge in [-0.3, -0.25) is 14.9 Å². The van der Waals surface area contributed by atoms with E-state index in [9.17, 15) is 14.9 Å². The number of nitro benzene ring substituents is 1. The number of para-hydroxylation sites is 1. The largest absolute Gasteiger partial charge is 0.356 e. The van der Waals surface area contributed by atoms with E-state index >= 15 is 0 Å². The standard InChI is InChI=1S/C16H21N3O3.ClH/c20-15(13-11-16(13)6-9-17-10-7-16)18-8-5-12-3-1-2-4-14(12)19(21)22;/h1-4,13,17H,5-11H2,(H,18,20);1H. The van der Waals surface area contributed by atoms with Gasteiger partial charge in [-0.15, -0.1) is 12.4 Å². The van der Waals surface area contributed by atoms with E-state index in [2.05, 4.69) is 10.6 Å². The van der Waals surface area contributed by atoms with Crippen LogP contribution in [0.4, 0.5) is 5.69 Å². The summed E-state index contributed by atoms with van der Waals surface area (Å²) in [5.41, 5.74) is 1.02. The molecule has 1 aliphatic carbocycles. The number of halogens is 1. The predicted octanol–water partition coefficient (Wildman–Crippen LogP) is 2.06. The third kappa shape index (κ3) is 3.82. The summed E-state index contributed by atoms with van der Waals surface area (Å²) in [6, 6.07) is 6.69. The van der Waals surface area contributed by atoms with Crippen LogP contribution in [0.5, 0.6) is 0 Å². The number of benzene rings is 1. The zero-order chi connectivity index (χ0) is 15.6. The number of hydrogen-bond acceptors (Lipinski definition) is 4. The summed E-state index contributed by atoms with van der Waals surface area (Å²) in [5, 5.41) is 17.2. The highest BCUT2D eigenvalue weighted by atomic mass is 35.5. The molecule has 2 aliphatic rings. The summed E-state index contributed by atoms with van der Waals surface area (Å²) in [5.74, 6) is 0.251. The van der Waals surface area contributed by atoms with Crippen LogP contribution >= 0.6 is 12.4 Å². The molecule has 0 bridgehead atoms. The minimum Gasteiger partial charge on any atom is -0.356 e. The Morgan fingerprint density at radius 3 is 2.74 bits per heavy atom. The number of nitrogens with one attached hydrogen (secondary N) is 2. The van der Waals surface area contributed by atoms with Crippen LogP contribution in [0.3, 0.4) is 0 Å². The summed E-state index contributed by atoms with van der Waals surface area (Å²) < 4.78 is 0. The van der Waals surface area contributed by atoms with Gasteiger partial charge in [0.05, 0.1) is 4.92 Å². The van der Waals surface area contributed by atoms with Crippen molar-refractivity contribution in [2.75, 3.05) is 19.6 Å². The van der Waals surface area contributed by atoms with Crippen molar-refractivity contribution in [2.45, 2.75) is 25.7 Å². The first kappa shape index (κ1) is 17.7. The molecule has 1 saturated heterocycles. The second-order valence-corrected chi connectivity index (χ2v) is 6.30. The van der Waals surface area contributed by atoms with Gasteiger partial charge in [-0.05, 0) is 44.2 Å². The summed E-state index contributed by atoms with van der Waals surface area (Å²) in [6.45, 7) is 2.45. The fourth-order valence-corrected chi connectivity index (χ4v) is 3.54. The van der Waals surface area contributed by atoms with Crippen LogP contribution in [0.25, 0.3) is 0 Å². The highest BCUT2D eigenvalue weighted by molar-refractivity contribution is 5.85. The Bertz CT molecular complexity index is 588. The number of piperidine rings is 1. The smallest absolute Gasteiger partial charge is 0.272 e. The first-order valence-electron chi connectivity index (χ1n) is 7.83. The van der Waals surface area contributed by atoms with Crippen molar-refractivity contribution < 1.29 is 9.72 Å². The molecule has 2 fully saturated rings. The molecule has 1 unspecified atom stereocenters. The van der Waals surface area contributed by atoms with E-state index in [1.807, 2.05) is 0 Å². The molecular weight excluding hydrogens is 318 g/mol. The summed E-state index contributed by atoms with van der Waals surface area (Å²) >= 11 is 0. The SMILES string of the molecule is Cl.O=C(NCCc1ccccc1[N+](=O)[O-])C1CC12CCNCC2. The van der Waals surface area contributed by atoms with Crippen molar-refractivity contribution >= 4 is 24.0 Å². The monoisotopic (exact) mass is 339 g/mol. The van der Waals surface area contributed by atoms with E-state index in [4.69, 9.17) is 0 Å². The molecule has 23 heavy (non-hydrogen) atoms. The number of carbonyl (C=O) groups excluding carboxylic acids is 1. The second-order valence-electron chi connectivity index (χ2n) is 6.30. The van der Waals surface area contributed by atoms with Crippen LogP contribution in [0, 0.1) is 21.4 Å². The van der Waals surface area contributed by atoms with Gasteiger partial charge >= 0.3 is 0 Å². The Morgan fingerprint density at radius 2 is 2.04 bits per heavy atom. The zero-order valence-corrected chi connectivity index (χ0v) is 13.7. The third-order valence-electron chi connectivity index (χ3n) is 4.99. The predicted molar refractivity (Wildman–Crippen MR) is 89.7 cm³/mol. The Kier molecular flexibility index (Phi) is 5.59. The van der Waals surface area contributed by atoms with E-state index in [0.29, 0.717) is 18.5 Å².